The van der Waals surface area contributed by atoms with Gasteiger partial charge < -0.3 is 15.4 Å². The summed E-state index contributed by atoms with van der Waals surface area (Å²) in [5, 5.41) is 14.8. The molecule has 0 bridgehead atoms. The molecule has 1 aromatic carbocycles. The first-order valence-corrected chi connectivity index (χ1v) is 7.91. The fourth-order valence-electron chi connectivity index (χ4n) is 1.88. The van der Waals surface area contributed by atoms with Crippen molar-refractivity contribution < 1.29 is 9.53 Å². The monoisotopic (exact) mass is 315 g/mol. The van der Waals surface area contributed by atoms with Crippen LogP contribution in [-0.2, 0) is 9.53 Å². The third kappa shape index (κ3) is 6.98. The van der Waals surface area contributed by atoms with E-state index in [1.165, 1.54) is 11.8 Å². The molecule has 124 valence electrons. The lowest BCUT2D eigenvalue weighted by atomic mass is 10.0. The standard InChI is InChI=1S/C18H25N3O2/c1-4-23-11-5-10-20-18(22)16(12-19)13-21-17-8-6-15(7-9-17)14(2)3/h6-9,13-14,21H,4-5,10-11H2,1-3H3,(H,20,22)/b16-13-. The number of hydrogen-bond acceptors (Lipinski definition) is 4. The number of hydrogen-bond donors (Lipinski definition) is 2. The molecule has 0 saturated carbocycles. The number of carbonyl (C=O) groups is 1. The van der Waals surface area contributed by atoms with Crippen molar-refractivity contribution in [1.29, 1.82) is 5.26 Å². The normalized spacial score (nSPS) is 11.2. The van der Waals surface area contributed by atoms with Crippen LogP contribution < -0.4 is 10.6 Å². The summed E-state index contributed by atoms with van der Waals surface area (Å²) >= 11 is 0. The van der Waals surface area contributed by atoms with E-state index in [2.05, 4.69) is 24.5 Å². The third-order valence-corrected chi connectivity index (χ3v) is 3.28. The predicted octanol–water partition coefficient (Wildman–Crippen LogP) is 3.17. The molecule has 23 heavy (non-hydrogen) atoms. The number of benzene rings is 1. The summed E-state index contributed by atoms with van der Waals surface area (Å²) in [4.78, 5) is 11.9. The lowest BCUT2D eigenvalue weighted by Crippen LogP contribution is -2.26. The molecule has 0 heterocycles. The van der Waals surface area contributed by atoms with Gasteiger partial charge in [0, 0.05) is 31.6 Å². The molecule has 1 aromatic rings. The molecule has 0 aliphatic heterocycles. The average molecular weight is 315 g/mol. The Kier molecular flexibility index (Phi) is 8.48. The quantitative estimate of drug-likeness (QED) is 0.417. The van der Waals surface area contributed by atoms with Crippen molar-refractivity contribution in [2.75, 3.05) is 25.1 Å². The molecule has 0 aliphatic rings. The Bertz CT molecular complexity index is 557. The number of amides is 1. The van der Waals surface area contributed by atoms with Gasteiger partial charge in [-0.1, -0.05) is 26.0 Å². The summed E-state index contributed by atoms with van der Waals surface area (Å²) in [6, 6.07) is 9.83. The number of nitrogens with zero attached hydrogens (tertiary/aromatic N) is 1. The van der Waals surface area contributed by atoms with Crippen LogP contribution in [0.2, 0.25) is 0 Å². The predicted molar refractivity (Wildman–Crippen MR) is 92.0 cm³/mol. The van der Waals surface area contributed by atoms with Gasteiger partial charge in [0.25, 0.3) is 5.91 Å². The van der Waals surface area contributed by atoms with Gasteiger partial charge in [0.2, 0.25) is 0 Å². The Balaban J connectivity index is 2.51. The minimum absolute atomic E-state index is 0.0503. The summed E-state index contributed by atoms with van der Waals surface area (Å²) in [5.41, 5.74) is 2.13. The zero-order chi connectivity index (χ0) is 17.1. The highest BCUT2D eigenvalue weighted by atomic mass is 16.5. The first-order chi connectivity index (χ1) is 11.1. The smallest absolute Gasteiger partial charge is 0.263 e. The molecule has 0 aromatic heterocycles. The van der Waals surface area contributed by atoms with Crippen LogP contribution in [0.3, 0.4) is 0 Å². The molecule has 0 fully saturated rings. The molecule has 5 nitrogen and oxygen atoms in total. The van der Waals surface area contributed by atoms with Gasteiger partial charge in [0.05, 0.1) is 0 Å². The maximum atomic E-state index is 11.9. The van der Waals surface area contributed by atoms with E-state index in [1.807, 2.05) is 37.3 Å². The molecule has 0 unspecified atom stereocenters. The maximum absolute atomic E-state index is 11.9. The zero-order valence-electron chi connectivity index (χ0n) is 14.1. The van der Waals surface area contributed by atoms with Crippen LogP contribution in [0, 0.1) is 11.3 Å². The minimum Gasteiger partial charge on any atom is -0.382 e. The van der Waals surface area contributed by atoms with Crippen LogP contribution in [0.1, 0.15) is 38.7 Å². The number of ether oxygens (including phenoxy) is 1. The van der Waals surface area contributed by atoms with Crippen molar-refractivity contribution in [2.24, 2.45) is 0 Å². The number of nitrogens with one attached hydrogen (secondary N) is 2. The highest BCUT2D eigenvalue weighted by Gasteiger charge is 2.07. The topological polar surface area (TPSA) is 74.1 Å². The van der Waals surface area contributed by atoms with Crippen molar-refractivity contribution in [3.05, 3.63) is 41.6 Å². The van der Waals surface area contributed by atoms with Crippen LogP contribution in [0.25, 0.3) is 0 Å². The van der Waals surface area contributed by atoms with E-state index >= 15 is 0 Å². The number of rotatable bonds is 9. The van der Waals surface area contributed by atoms with Crippen LogP contribution >= 0.6 is 0 Å². The summed E-state index contributed by atoms with van der Waals surface area (Å²) < 4.78 is 5.19. The van der Waals surface area contributed by atoms with Crippen LogP contribution in [-0.4, -0.2) is 25.7 Å². The van der Waals surface area contributed by atoms with Crippen molar-refractivity contribution in [2.45, 2.75) is 33.1 Å². The highest BCUT2D eigenvalue weighted by Crippen LogP contribution is 2.17. The molecule has 0 saturated heterocycles. The molecule has 0 aliphatic carbocycles. The summed E-state index contributed by atoms with van der Waals surface area (Å²) in [7, 11) is 0. The van der Waals surface area contributed by atoms with E-state index < -0.39 is 0 Å². The average Bonchev–Trinajstić information content (AvgIpc) is 2.55. The number of carbonyl (C=O) groups excluding carboxylic acids is 1. The largest absolute Gasteiger partial charge is 0.382 e. The van der Waals surface area contributed by atoms with Gasteiger partial charge >= 0.3 is 0 Å². The molecule has 0 radical (unpaired) electrons. The van der Waals surface area contributed by atoms with E-state index in [-0.39, 0.29) is 11.5 Å². The molecule has 0 spiro atoms. The summed E-state index contributed by atoms with van der Waals surface area (Å²) in [6.45, 7) is 7.94. The van der Waals surface area contributed by atoms with Crippen molar-refractivity contribution in [3.8, 4) is 6.07 Å². The Hall–Kier alpha value is -2.32. The van der Waals surface area contributed by atoms with Gasteiger partial charge in [-0.25, -0.2) is 0 Å². The van der Waals surface area contributed by atoms with Crippen molar-refractivity contribution >= 4 is 11.6 Å². The minimum atomic E-state index is -0.379. The molecule has 0 atom stereocenters. The molecule has 2 N–H and O–H groups in total. The van der Waals surface area contributed by atoms with Gasteiger partial charge in [-0.3, -0.25) is 4.79 Å². The van der Waals surface area contributed by atoms with Crippen LogP contribution in [0.15, 0.2) is 36.0 Å². The molecular formula is C18H25N3O2. The lowest BCUT2D eigenvalue weighted by Gasteiger charge is -2.07. The second-order valence-electron chi connectivity index (χ2n) is 5.40. The second-order valence-corrected chi connectivity index (χ2v) is 5.40. The second kappa shape index (κ2) is 10.4. The fraction of sp³-hybridized carbons (Fsp3) is 0.444. The third-order valence-electron chi connectivity index (χ3n) is 3.28. The molecule has 1 amide bonds. The molecule has 1 rings (SSSR count). The Morgan fingerprint density at radius 3 is 2.61 bits per heavy atom. The van der Waals surface area contributed by atoms with E-state index in [4.69, 9.17) is 10.00 Å². The van der Waals surface area contributed by atoms with Crippen LogP contribution in [0.4, 0.5) is 5.69 Å². The number of nitriles is 1. The van der Waals surface area contributed by atoms with Gasteiger partial charge in [0.15, 0.2) is 0 Å². The fourth-order valence-corrected chi connectivity index (χ4v) is 1.88. The maximum Gasteiger partial charge on any atom is 0.263 e. The Morgan fingerprint density at radius 1 is 1.35 bits per heavy atom. The van der Waals surface area contributed by atoms with E-state index in [0.29, 0.717) is 25.7 Å². The van der Waals surface area contributed by atoms with Gasteiger partial charge in [-0.05, 0) is 37.0 Å². The van der Waals surface area contributed by atoms with Crippen molar-refractivity contribution in [3.63, 3.8) is 0 Å². The molecule has 5 heteroatoms. The Morgan fingerprint density at radius 2 is 2.04 bits per heavy atom. The van der Waals surface area contributed by atoms with E-state index in [9.17, 15) is 4.79 Å². The number of anilines is 1. The first-order valence-electron chi connectivity index (χ1n) is 7.91. The van der Waals surface area contributed by atoms with E-state index in [1.54, 1.807) is 0 Å². The summed E-state index contributed by atoms with van der Waals surface area (Å²) in [6.07, 6.45) is 2.16. The first kappa shape index (κ1) is 18.7. The SMILES string of the molecule is CCOCCCNC(=O)/C(C#N)=C\Nc1ccc(C(C)C)cc1. The summed E-state index contributed by atoms with van der Waals surface area (Å²) in [5.74, 6) is 0.0898. The van der Waals surface area contributed by atoms with Gasteiger partial charge in [-0.2, -0.15) is 5.26 Å². The zero-order valence-corrected chi connectivity index (χ0v) is 14.1. The Labute approximate surface area is 138 Å². The van der Waals surface area contributed by atoms with E-state index in [0.717, 1.165) is 12.1 Å². The molecular weight excluding hydrogens is 290 g/mol. The van der Waals surface area contributed by atoms with Gasteiger partial charge in [-0.15, -0.1) is 0 Å². The van der Waals surface area contributed by atoms with Gasteiger partial charge in [0.1, 0.15) is 11.6 Å². The highest BCUT2D eigenvalue weighted by molar-refractivity contribution is 5.97. The van der Waals surface area contributed by atoms with Crippen molar-refractivity contribution in [1.82, 2.24) is 5.32 Å². The lowest BCUT2D eigenvalue weighted by molar-refractivity contribution is -0.117. The van der Waals surface area contributed by atoms with Crippen LogP contribution in [0.5, 0.6) is 0 Å².